The number of rotatable bonds is 11. The minimum Gasteiger partial charge on any atom is -0.497 e. The fourth-order valence-corrected chi connectivity index (χ4v) is 6.60. The van der Waals surface area contributed by atoms with Gasteiger partial charge >= 0.3 is 0 Å². The van der Waals surface area contributed by atoms with E-state index >= 15 is 0 Å². The van der Waals surface area contributed by atoms with Crippen LogP contribution in [-0.4, -0.2) is 50.9 Å². The van der Waals surface area contributed by atoms with Gasteiger partial charge in [-0.25, -0.2) is 8.42 Å². The van der Waals surface area contributed by atoms with Gasteiger partial charge in [-0.05, 0) is 56.5 Å². The van der Waals surface area contributed by atoms with Crippen molar-refractivity contribution < 1.29 is 22.7 Å². The quantitative estimate of drug-likeness (QED) is 0.344. The summed E-state index contributed by atoms with van der Waals surface area (Å²) in [6.07, 6.45) is 5.14. The number of sulfonamides is 1. The highest BCUT2D eigenvalue weighted by molar-refractivity contribution is 7.92. The van der Waals surface area contributed by atoms with Crippen molar-refractivity contribution in [2.45, 2.75) is 69.5 Å². The summed E-state index contributed by atoms with van der Waals surface area (Å²) in [5.41, 5.74) is 2.17. The van der Waals surface area contributed by atoms with Crippen LogP contribution in [0.5, 0.6) is 5.75 Å². The van der Waals surface area contributed by atoms with Crippen molar-refractivity contribution in [3.63, 3.8) is 0 Å². The molecule has 8 nitrogen and oxygen atoms in total. The number of hydrogen-bond donors (Lipinski definition) is 1. The first-order chi connectivity index (χ1) is 19.7. The molecule has 0 spiro atoms. The van der Waals surface area contributed by atoms with E-state index in [-0.39, 0.29) is 29.1 Å². The van der Waals surface area contributed by atoms with Gasteiger partial charge in [0, 0.05) is 18.7 Å². The van der Waals surface area contributed by atoms with Crippen molar-refractivity contribution in [3.05, 3.63) is 90.0 Å². The lowest BCUT2D eigenvalue weighted by atomic mass is 9.95. The van der Waals surface area contributed by atoms with Gasteiger partial charge < -0.3 is 15.0 Å². The molecule has 1 atom stereocenters. The SMILES string of the molecule is COc1cccc(N(CC(=O)N(Cc2cccc(C)c2)[C@H](C)C(=O)NC2CCCCC2)S(=O)(=O)c2ccccc2)c1. The molecule has 1 aliphatic rings. The van der Waals surface area contributed by atoms with Gasteiger partial charge in [-0.2, -0.15) is 0 Å². The number of ether oxygens (including phenoxy) is 1. The number of aryl methyl sites for hydroxylation is 1. The molecule has 0 bridgehead atoms. The monoisotopic (exact) mass is 577 g/mol. The minimum atomic E-state index is -4.13. The maximum absolute atomic E-state index is 14.1. The molecule has 0 unspecified atom stereocenters. The maximum Gasteiger partial charge on any atom is 0.264 e. The van der Waals surface area contributed by atoms with Crippen LogP contribution in [0.3, 0.4) is 0 Å². The summed E-state index contributed by atoms with van der Waals surface area (Å²) in [5, 5.41) is 3.13. The van der Waals surface area contributed by atoms with E-state index in [4.69, 9.17) is 4.74 Å². The predicted octanol–water partition coefficient (Wildman–Crippen LogP) is 5.07. The molecule has 41 heavy (non-hydrogen) atoms. The van der Waals surface area contributed by atoms with Crippen LogP contribution in [-0.2, 0) is 26.2 Å². The zero-order valence-electron chi connectivity index (χ0n) is 24.0. The molecule has 0 saturated heterocycles. The van der Waals surface area contributed by atoms with Crippen LogP contribution < -0.4 is 14.4 Å². The number of carbonyl (C=O) groups excluding carboxylic acids is 2. The number of nitrogens with one attached hydrogen (secondary N) is 1. The molecule has 1 aliphatic carbocycles. The van der Waals surface area contributed by atoms with Gasteiger partial charge in [-0.3, -0.25) is 13.9 Å². The second kappa shape index (κ2) is 13.7. The van der Waals surface area contributed by atoms with E-state index in [1.54, 1.807) is 49.4 Å². The van der Waals surface area contributed by atoms with E-state index < -0.39 is 28.5 Å². The topological polar surface area (TPSA) is 96.0 Å². The van der Waals surface area contributed by atoms with Gasteiger partial charge in [-0.1, -0.05) is 73.4 Å². The average molecular weight is 578 g/mol. The Labute approximate surface area is 243 Å². The fourth-order valence-electron chi connectivity index (χ4n) is 5.17. The van der Waals surface area contributed by atoms with Crippen molar-refractivity contribution in [1.82, 2.24) is 10.2 Å². The molecule has 2 amide bonds. The number of methoxy groups -OCH3 is 1. The molecule has 1 fully saturated rings. The van der Waals surface area contributed by atoms with E-state index in [0.29, 0.717) is 5.75 Å². The molecule has 1 saturated carbocycles. The maximum atomic E-state index is 14.1. The van der Waals surface area contributed by atoms with Crippen molar-refractivity contribution in [2.24, 2.45) is 0 Å². The normalized spacial score (nSPS) is 14.6. The molecule has 4 rings (SSSR count). The van der Waals surface area contributed by atoms with E-state index in [1.165, 1.54) is 24.1 Å². The molecule has 0 aliphatic heterocycles. The lowest BCUT2D eigenvalue weighted by Crippen LogP contribution is -2.53. The lowest BCUT2D eigenvalue weighted by Gasteiger charge is -2.33. The van der Waals surface area contributed by atoms with Crippen LogP contribution in [0.4, 0.5) is 5.69 Å². The third-order valence-electron chi connectivity index (χ3n) is 7.51. The van der Waals surface area contributed by atoms with E-state index in [0.717, 1.165) is 47.5 Å². The average Bonchev–Trinajstić information content (AvgIpc) is 2.99. The highest BCUT2D eigenvalue weighted by Gasteiger charge is 2.33. The van der Waals surface area contributed by atoms with Crippen molar-refractivity contribution in [1.29, 1.82) is 0 Å². The molecular formula is C32H39N3O5S. The first-order valence-electron chi connectivity index (χ1n) is 14.1. The van der Waals surface area contributed by atoms with Gasteiger partial charge in [-0.15, -0.1) is 0 Å². The van der Waals surface area contributed by atoms with Gasteiger partial charge in [0.25, 0.3) is 10.0 Å². The van der Waals surface area contributed by atoms with Crippen LogP contribution in [0.1, 0.15) is 50.2 Å². The fraction of sp³-hybridized carbons (Fsp3) is 0.375. The number of amides is 2. The van der Waals surface area contributed by atoms with E-state index in [9.17, 15) is 18.0 Å². The first-order valence-corrected chi connectivity index (χ1v) is 15.5. The molecule has 0 aromatic heterocycles. The Morgan fingerprint density at radius 1 is 0.951 bits per heavy atom. The second-order valence-corrected chi connectivity index (χ2v) is 12.4. The van der Waals surface area contributed by atoms with Crippen LogP contribution in [0, 0.1) is 6.92 Å². The number of anilines is 1. The summed E-state index contributed by atoms with van der Waals surface area (Å²) in [4.78, 5) is 29.0. The molecule has 3 aromatic carbocycles. The Morgan fingerprint density at radius 2 is 1.66 bits per heavy atom. The standard InChI is InChI=1S/C32H39N3O5S/c1-24-12-10-13-26(20-24)22-34(25(2)32(37)33-27-14-6-4-7-15-27)31(36)23-35(28-16-11-17-29(21-28)40-3)41(38,39)30-18-8-5-9-19-30/h5,8-13,16-21,25,27H,4,6-7,14-15,22-23H2,1-3H3,(H,33,37)/t25-/m1/s1. The Balaban J connectivity index is 1.68. The van der Waals surface area contributed by atoms with Crippen LogP contribution >= 0.6 is 0 Å². The molecule has 1 N–H and O–H groups in total. The van der Waals surface area contributed by atoms with Crippen LogP contribution in [0.15, 0.2) is 83.8 Å². The summed E-state index contributed by atoms with van der Waals surface area (Å²) < 4.78 is 34.2. The minimum absolute atomic E-state index is 0.0592. The first kappa shape index (κ1) is 30.1. The van der Waals surface area contributed by atoms with Crippen LogP contribution in [0.2, 0.25) is 0 Å². The molecule has 9 heteroatoms. The van der Waals surface area contributed by atoms with Crippen LogP contribution in [0.25, 0.3) is 0 Å². The van der Waals surface area contributed by atoms with Gasteiger partial charge in [0.1, 0.15) is 18.3 Å². The second-order valence-electron chi connectivity index (χ2n) is 10.6. The predicted molar refractivity (Wildman–Crippen MR) is 160 cm³/mol. The summed E-state index contributed by atoms with van der Waals surface area (Å²) in [7, 11) is -2.63. The summed E-state index contributed by atoms with van der Waals surface area (Å²) in [6.45, 7) is 3.34. The Morgan fingerprint density at radius 3 is 2.34 bits per heavy atom. The lowest BCUT2D eigenvalue weighted by molar-refractivity contribution is -0.139. The summed E-state index contributed by atoms with van der Waals surface area (Å²) >= 11 is 0. The zero-order valence-corrected chi connectivity index (χ0v) is 24.8. The number of hydrogen-bond acceptors (Lipinski definition) is 5. The van der Waals surface area contributed by atoms with Crippen molar-refractivity contribution in [2.75, 3.05) is 18.0 Å². The van der Waals surface area contributed by atoms with E-state index in [1.807, 2.05) is 31.2 Å². The Hall–Kier alpha value is -3.85. The molecule has 0 heterocycles. The molecule has 3 aromatic rings. The Bertz CT molecular complexity index is 1440. The smallest absolute Gasteiger partial charge is 0.264 e. The van der Waals surface area contributed by atoms with Crippen molar-refractivity contribution >= 4 is 27.5 Å². The van der Waals surface area contributed by atoms with Gasteiger partial charge in [0.15, 0.2) is 0 Å². The summed E-state index contributed by atoms with van der Waals surface area (Å²) in [5.74, 6) is -0.267. The molecular weight excluding hydrogens is 538 g/mol. The third-order valence-corrected chi connectivity index (χ3v) is 9.29. The molecule has 0 radical (unpaired) electrons. The number of nitrogens with zero attached hydrogens (tertiary/aromatic N) is 2. The van der Waals surface area contributed by atoms with Crippen molar-refractivity contribution in [3.8, 4) is 5.75 Å². The summed E-state index contributed by atoms with van der Waals surface area (Å²) in [6, 6.07) is 21.6. The number of carbonyl (C=O) groups is 2. The number of benzene rings is 3. The third kappa shape index (κ3) is 7.67. The Kier molecular flexibility index (Phi) is 10.0. The zero-order chi connectivity index (χ0) is 29.4. The highest BCUT2D eigenvalue weighted by atomic mass is 32.2. The largest absolute Gasteiger partial charge is 0.497 e. The van der Waals surface area contributed by atoms with Gasteiger partial charge in [0.2, 0.25) is 11.8 Å². The highest BCUT2D eigenvalue weighted by Crippen LogP contribution is 2.28. The molecule has 218 valence electrons. The van der Waals surface area contributed by atoms with Gasteiger partial charge in [0.05, 0.1) is 17.7 Å². The van der Waals surface area contributed by atoms with E-state index in [2.05, 4.69) is 5.32 Å².